The van der Waals surface area contributed by atoms with Gasteiger partial charge in [0.15, 0.2) is 0 Å². The normalized spacial score (nSPS) is 10.3. The predicted molar refractivity (Wildman–Crippen MR) is 115 cm³/mol. The average molecular weight is 428 g/mol. The summed E-state index contributed by atoms with van der Waals surface area (Å²) in [5, 5.41) is 13.9. The van der Waals surface area contributed by atoms with Crippen LogP contribution in [0.5, 0.6) is 0 Å². The third kappa shape index (κ3) is 5.26. The Morgan fingerprint density at radius 3 is 2.54 bits per heavy atom. The van der Waals surface area contributed by atoms with Gasteiger partial charge in [-0.3, -0.25) is 4.79 Å². The molecule has 1 heterocycles. The highest BCUT2D eigenvalue weighted by molar-refractivity contribution is 7.99. The lowest BCUT2D eigenvalue weighted by Gasteiger charge is -2.08. The van der Waals surface area contributed by atoms with Crippen LogP contribution < -0.4 is 5.32 Å². The summed E-state index contributed by atoms with van der Waals surface area (Å²) >= 11 is 13.4. The minimum atomic E-state index is -0.145. The summed E-state index contributed by atoms with van der Waals surface area (Å²) < 4.78 is 0. The first-order valence-electron chi connectivity index (χ1n) is 8.41. The topological polar surface area (TPSA) is 65.8 Å². The number of carbonyl (C=O) groups is 1. The molecule has 0 spiro atoms. The summed E-state index contributed by atoms with van der Waals surface area (Å²) in [5.74, 6) is 0.343. The first kappa shape index (κ1) is 20.2. The molecule has 0 aliphatic carbocycles. The SMILES string of the molecule is N#Cc1ccc(-c2ccc(Cl)cc2)nc1SCCC(=O)Nc1ccccc1Cl. The Labute approximate surface area is 177 Å². The Bertz CT molecular complexity index is 1030. The highest BCUT2D eigenvalue weighted by Crippen LogP contribution is 2.27. The van der Waals surface area contributed by atoms with E-state index < -0.39 is 0 Å². The van der Waals surface area contributed by atoms with Crippen molar-refractivity contribution < 1.29 is 4.79 Å². The van der Waals surface area contributed by atoms with E-state index in [1.165, 1.54) is 11.8 Å². The van der Waals surface area contributed by atoms with E-state index in [4.69, 9.17) is 23.2 Å². The van der Waals surface area contributed by atoms with Crippen LogP contribution in [-0.4, -0.2) is 16.6 Å². The molecule has 2 aromatic carbocycles. The number of benzene rings is 2. The number of hydrogen-bond donors (Lipinski definition) is 1. The molecule has 0 bridgehead atoms. The molecule has 4 nitrogen and oxygen atoms in total. The zero-order chi connectivity index (χ0) is 19.9. The first-order valence-corrected chi connectivity index (χ1v) is 10.2. The molecule has 1 amide bonds. The van der Waals surface area contributed by atoms with Gasteiger partial charge in [0.2, 0.25) is 5.91 Å². The van der Waals surface area contributed by atoms with E-state index in [1.807, 2.05) is 18.2 Å². The maximum atomic E-state index is 12.1. The monoisotopic (exact) mass is 427 g/mol. The van der Waals surface area contributed by atoms with Crippen molar-refractivity contribution in [3.8, 4) is 17.3 Å². The second-order valence-corrected chi connectivity index (χ2v) is 7.72. The number of aromatic nitrogens is 1. The van der Waals surface area contributed by atoms with Crippen molar-refractivity contribution in [3.63, 3.8) is 0 Å². The first-order chi connectivity index (χ1) is 13.6. The van der Waals surface area contributed by atoms with Gasteiger partial charge in [-0.15, -0.1) is 11.8 Å². The number of carbonyl (C=O) groups excluding carboxylic acids is 1. The number of rotatable bonds is 6. The Morgan fingerprint density at radius 2 is 1.82 bits per heavy atom. The highest BCUT2D eigenvalue weighted by Gasteiger charge is 2.10. The van der Waals surface area contributed by atoms with E-state index in [9.17, 15) is 10.1 Å². The Hall–Kier alpha value is -2.52. The fourth-order valence-corrected chi connectivity index (χ4v) is 3.65. The van der Waals surface area contributed by atoms with E-state index in [-0.39, 0.29) is 12.3 Å². The number of anilines is 1. The van der Waals surface area contributed by atoms with E-state index in [0.29, 0.717) is 32.1 Å². The number of nitrogens with one attached hydrogen (secondary N) is 1. The fraction of sp³-hybridized carbons (Fsp3) is 0.0952. The summed E-state index contributed by atoms with van der Waals surface area (Å²) in [6.07, 6.45) is 0.271. The van der Waals surface area contributed by atoms with Crippen molar-refractivity contribution in [2.45, 2.75) is 11.4 Å². The van der Waals surface area contributed by atoms with Gasteiger partial charge in [-0.25, -0.2) is 4.98 Å². The molecule has 3 aromatic rings. The van der Waals surface area contributed by atoms with Crippen molar-refractivity contribution >= 4 is 46.6 Å². The Kier molecular flexibility index (Phi) is 6.94. The smallest absolute Gasteiger partial charge is 0.225 e. The lowest BCUT2D eigenvalue weighted by atomic mass is 10.1. The standard InChI is InChI=1S/C21H15Cl2N3OS/c22-16-8-5-14(6-9-16)18-10-7-15(13-24)21(26-18)28-12-11-20(27)25-19-4-2-1-3-17(19)23/h1-10H,11-12H2,(H,25,27). The molecule has 0 radical (unpaired) electrons. The van der Waals surface area contributed by atoms with E-state index in [0.717, 1.165) is 11.3 Å². The van der Waals surface area contributed by atoms with Crippen LogP contribution in [-0.2, 0) is 4.79 Å². The molecule has 0 unspecified atom stereocenters. The third-order valence-corrected chi connectivity index (χ3v) is 5.41. The molecule has 1 aromatic heterocycles. The third-order valence-electron chi connectivity index (χ3n) is 3.84. The van der Waals surface area contributed by atoms with Crippen molar-refractivity contribution in [3.05, 3.63) is 76.3 Å². The summed E-state index contributed by atoms with van der Waals surface area (Å²) in [4.78, 5) is 16.7. The number of thioether (sulfide) groups is 1. The van der Waals surface area contributed by atoms with Gasteiger partial charge in [0.1, 0.15) is 11.1 Å². The Balaban J connectivity index is 1.65. The number of hydrogen-bond acceptors (Lipinski definition) is 4. The summed E-state index contributed by atoms with van der Waals surface area (Å²) in [5.41, 5.74) is 2.72. The largest absolute Gasteiger partial charge is 0.325 e. The van der Waals surface area contributed by atoms with Crippen LogP contribution in [0, 0.1) is 11.3 Å². The van der Waals surface area contributed by atoms with Crippen LogP contribution in [0.2, 0.25) is 10.0 Å². The molecular weight excluding hydrogens is 413 g/mol. The van der Waals surface area contributed by atoms with Gasteiger partial charge in [-0.2, -0.15) is 5.26 Å². The van der Waals surface area contributed by atoms with Crippen molar-refractivity contribution in [2.75, 3.05) is 11.1 Å². The lowest BCUT2D eigenvalue weighted by Crippen LogP contribution is -2.12. The quantitative estimate of drug-likeness (QED) is 0.486. The fourth-order valence-electron chi connectivity index (χ4n) is 2.43. The number of pyridine rings is 1. The van der Waals surface area contributed by atoms with Gasteiger partial charge < -0.3 is 5.32 Å². The maximum absolute atomic E-state index is 12.1. The molecule has 0 atom stereocenters. The number of amides is 1. The molecule has 0 saturated carbocycles. The molecule has 0 aliphatic heterocycles. The number of para-hydroxylation sites is 1. The molecule has 0 fully saturated rings. The van der Waals surface area contributed by atoms with E-state index in [2.05, 4.69) is 16.4 Å². The zero-order valence-corrected chi connectivity index (χ0v) is 17.0. The van der Waals surface area contributed by atoms with Crippen LogP contribution in [0.4, 0.5) is 5.69 Å². The number of nitriles is 1. The summed E-state index contributed by atoms with van der Waals surface area (Å²) in [6.45, 7) is 0. The summed E-state index contributed by atoms with van der Waals surface area (Å²) in [6, 6.07) is 20.1. The average Bonchev–Trinajstić information content (AvgIpc) is 2.70. The van der Waals surface area contributed by atoms with Crippen molar-refractivity contribution in [2.24, 2.45) is 0 Å². The minimum Gasteiger partial charge on any atom is -0.325 e. The second kappa shape index (κ2) is 9.61. The second-order valence-electron chi connectivity index (χ2n) is 5.79. The minimum absolute atomic E-state index is 0.145. The predicted octanol–water partition coefficient (Wildman–Crippen LogP) is 6.05. The molecule has 0 aliphatic rings. The van der Waals surface area contributed by atoms with Crippen LogP contribution in [0.15, 0.2) is 65.7 Å². The lowest BCUT2D eigenvalue weighted by molar-refractivity contribution is -0.115. The van der Waals surface area contributed by atoms with Gasteiger partial charge in [-0.1, -0.05) is 47.5 Å². The van der Waals surface area contributed by atoms with Gasteiger partial charge >= 0.3 is 0 Å². The van der Waals surface area contributed by atoms with Crippen LogP contribution in [0.1, 0.15) is 12.0 Å². The zero-order valence-electron chi connectivity index (χ0n) is 14.7. The molecule has 3 rings (SSSR count). The maximum Gasteiger partial charge on any atom is 0.225 e. The van der Waals surface area contributed by atoms with Crippen molar-refractivity contribution in [1.82, 2.24) is 4.98 Å². The molecule has 140 valence electrons. The number of nitrogens with zero attached hydrogens (tertiary/aromatic N) is 2. The molecule has 1 N–H and O–H groups in total. The van der Waals surface area contributed by atoms with E-state index in [1.54, 1.807) is 42.5 Å². The van der Waals surface area contributed by atoms with Gasteiger partial charge in [-0.05, 0) is 36.4 Å². The molecule has 7 heteroatoms. The van der Waals surface area contributed by atoms with Gasteiger partial charge in [0.05, 0.1) is 22.0 Å². The van der Waals surface area contributed by atoms with Crippen LogP contribution in [0.3, 0.4) is 0 Å². The van der Waals surface area contributed by atoms with Gasteiger partial charge in [0.25, 0.3) is 0 Å². The number of halogens is 2. The molecular formula is C21H15Cl2N3OS. The Morgan fingerprint density at radius 1 is 1.07 bits per heavy atom. The van der Waals surface area contributed by atoms with Crippen LogP contribution in [0.25, 0.3) is 11.3 Å². The molecule has 0 saturated heterocycles. The molecule has 28 heavy (non-hydrogen) atoms. The van der Waals surface area contributed by atoms with Gasteiger partial charge in [0, 0.05) is 22.8 Å². The van der Waals surface area contributed by atoms with Crippen LogP contribution >= 0.6 is 35.0 Å². The highest BCUT2D eigenvalue weighted by atomic mass is 35.5. The van der Waals surface area contributed by atoms with Crippen molar-refractivity contribution in [1.29, 1.82) is 5.26 Å². The summed E-state index contributed by atoms with van der Waals surface area (Å²) in [7, 11) is 0. The van der Waals surface area contributed by atoms with E-state index >= 15 is 0 Å².